The molecule has 1 fully saturated rings. The fourth-order valence-electron chi connectivity index (χ4n) is 2.61. The van der Waals surface area contributed by atoms with Gasteiger partial charge in [0.25, 0.3) is 0 Å². The average molecular weight is 354 g/mol. The molecule has 6 heteroatoms. The number of halogens is 2. The molecule has 1 aliphatic rings. The van der Waals surface area contributed by atoms with Crippen LogP contribution < -0.4 is 5.32 Å². The maximum absolute atomic E-state index is 13.2. The maximum Gasteiger partial charge on any atom is 0.226 e. The number of nitrogens with one attached hydrogen (secondary N) is 1. The summed E-state index contributed by atoms with van der Waals surface area (Å²) in [5.41, 5.74) is 0.750. The van der Waals surface area contributed by atoms with Gasteiger partial charge in [-0.1, -0.05) is 5.16 Å². The van der Waals surface area contributed by atoms with Crippen LogP contribution in [0.1, 0.15) is 25.2 Å². The van der Waals surface area contributed by atoms with Gasteiger partial charge in [0.1, 0.15) is 5.82 Å². The van der Waals surface area contributed by atoms with Gasteiger partial charge in [-0.15, -0.1) is 0 Å². The molecule has 0 spiro atoms. The van der Waals surface area contributed by atoms with Gasteiger partial charge in [0.15, 0.2) is 0 Å². The van der Waals surface area contributed by atoms with Crippen molar-refractivity contribution in [3.8, 4) is 11.4 Å². The van der Waals surface area contributed by atoms with E-state index < -0.39 is 0 Å². The lowest BCUT2D eigenvalue weighted by Crippen LogP contribution is -2.27. The molecule has 0 aliphatic carbocycles. The molecule has 1 N–H and O–H groups in total. The summed E-state index contributed by atoms with van der Waals surface area (Å²) >= 11 is 3.17. The first kappa shape index (κ1) is 14.7. The second-order valence-electron chi connectivity index (χ2n) is 5.37. The highest BCUT2D eigenvalue weighted by Gasteiger charge is 2.15. The molecule has 112 valence electrons. The van der Waals surface area contributed by atoms with E-state index in [0.29, 0.717) is 16.2 Å². The van der Waals surface area contributed by atoms with Crippen molar-refractivity contribution in [1.29, 1.82) is 0 Å². The quantitative estimate of drug-likeness (QED) is 0.912. The first-order chi connectivity index (χ1) is 10.2. The predicted molar refractivity (Wildman–Crippen MR) is 81.3 cm³/mol. The van der Waals surface area contributed by atoms with Gasteiger partial charge in [-0.3, -0.25) is 0 Å². The van der Waals surface area contributed by atoms with Crippen molar-refractivity contribution in [3.05, 3.63) is 34.4 Å². The zero-order valence-electron chi connectivity index (χ0n) is 11.6. The molecule has 21 heavy (non-hydrogen) atoms. The van der Waals surface area contributed by atoms with Crippen LogP contribution >= 0.6 is 15.9 Å². The monoisotopic (exact) mass is 353 g/mol. The molecular formula is C15H17BrFN3O. The largest absolute Gasteiger partial charge is 0.339 e. The van der Waals surface area contributed by atoms with E-state index in [1.165, 1.54) is 18.9 Å². The minimum absolute atomic E-state index is 0.298. The molecule has 3 rings (SSSR count). The molecule has 2 heterocycles. The van der Waals surface area contributed by atoms with Crippen molar-refractivity contribution in [1.82, 2.24) is 15.5 Å². The summed E-state index contributed by atoms with van der Waals surface area (Å²) in [6, 6.07) is 4.71. The van der Waals surface area contributed by atoms with Crippen molar-refractivity contribution in [2.24, 2.45) is 5.92 Å². The number of hydrogen-bond donors (Lipinski definition) is 1. The van der Waals surface area contributed by atoms with Gasteiger partial charge in [0.05, 0.1) is 4.47 Å². The first-order valence-corrected chi connectivity index (χ1v) is 8.00. The highest BCUT2D eigenvalue weighted by molar-refractivity contribution is 9.10. The second-order valence-corrected chi connectivity index (χ2v) is 6.23. The Kier molecular flexibility index (Phi) is 4.65. The average Bonchev–Trinajstić information content (AvgIpc) is 2.98. The zero-order valence-corrected chi connectivity index (χ0v) is 13.2. The van der Waals surface area contributed by atoms with Crippen LogP contribution in [-0.4, -0.2) is 23.2 Å². The molecule has 0 amide bonds. The normalized spacial score (nSPS) is 16.3. The number of hydrogen-bond acceptors (Lipinski definition) is 4. The van der Waals surface area contributed by atoms with Crippen LogP contribution in [0.3, 0.4) is 0 Å². The Hall–Kier alpha value is -1.27. The van der Waals surface area contributed by atoms with Gasteiger partial charge in [-0.2, -0.15) is 4.98 Å². The van der Waals surface area contributed by atoms with Crippen molar-refractivity contribution in [2.75, 3.05) is 13.1 Å². The van der Waals surface area contributed by atoms with Gasteiger partial charge in [0, 0.05) is 12.0 Å². The summed E-state index contributed by atoms with van der Waals surface area (Å²) in [5.74, 6) is 1.61. The number of piperidine rings is 1. The fraction of sp³-hybridized carbons (Fsp3) is 0.467. The van der Waals surface area contributed by atoms with Crippen molar-refractivity contribution in [2.45, 2.75) is 25.7 Å². The predicted octanol–water partition coefficient (Wildman–Crippen LogP) is 3.57. The lowest BCUT2D eigenvalue weighted by atomic mass is 9.93. The van der Waals surface area contributed by atoms with E-state index in [1.807, 2.05) is 0 Å². The van der Waals surface area contributed by atoms with E-state index in [2.05, 4.69) is 31.4 Å². The Balaban J connectivity index is 1.63. The third kappa shape index (κ3) is 3.68. The number of aryl methyl sites for hydroxylation is 1. The molecule has 2 aromatic rings. The summed E-state index contributed by atoms with van der Waals surface area (Å²) in [6.07, 6.45) is 4.31. The summed E-state index contributed by atoms with van der Waals surface area (Å²) in [4.78, 5) is 4.40. The van der Waals surface area contributed by atoms with E-state index in [1.54, 1.807) is 12.1 Å². The van der Waals surface area contributed by atoms with Crippen molar-refractivity contribution >= 4 is 15.9 Å². The summed E-state index contributed by atoms with van der Waals surface area (Å²) < 4.78 is 18.9. The van der Waals surface area contributed by atoms with Crippen LogP contribution in [0.2, 0.25) is 0 Å². The highest BCUT2D eigenvalue weighted by atomic mass is 79.9. The van der Waals surface area contributed by atoms with Gasteiger partial charge in [-0.05, 0) is 72.4 Å². The lowest BCUT2D eigenvalue weighted by molar-refractivity contribution is 0.324. The summed E-state index contributed by atoms with van der Waals surface area (Å²) in [7, 11) is 0. The summed E-state index contributed by atoms with van der Waals surface area (Å²) in [6.45, 7) is 2.20. The standard InChI is InChI=1S/C15H17BrFN3O/c16-12-9-11(2-3-13(12)17)15-19-14(21-20-15)4-1-10-5-7-18-8-6-10/h2-3,9-10,18H,1,4-8H2. The first-order valence-electron chi connectivity index (χ1n) is 7.21. The second kappa shape index (κ2) is 6.66. The molecule has 0 bridgehead atoms. The minimum atomic E-state index is -0.298. The van der Waals surface area contributed by atoms with Crippen LogP contribution in [-0.2, 0) is 6.42 Å². The van der Waals surface area contributed by atoms with Crippen LogP contribution in [0.15, 0.2) is 27.2 Å². The minimum Gasteiger partial charge on any atom is -0.339 e. The Labute approximate surface area is 131 Å². The Morgan fingerprint density at radius 3 is 2.90 bits per heavy atom. The lowest BCUT2D eigenvalue weighted by Gasteiger charge is -2.21. The third-order valence-corrected chi connectivity index (χ3v) is 4.48. The van der Waals surface area contributed by atoms with E-state index in [9.17, 15) is 4.39 Å². The van der Waals surface area contributed by atoms with Crippen LogP contribution in [0.4, 0.5) is 4.39 Å². The molecule has 0 saturated carbocycles. The molecule has 0 unspecified atom stereocenters. The van der Waals surface area contributed by atoms with Crippen LogP contribution in [0, 0.1) is 11.7 Å². The maximum atomic E-state index is 13.2. The smallest absolute Gasteiger partial charge is 0.226 e. The van der Waals surface area contributed by atoms with Gasteiger partial charge < -0.3 is 9.84 Å². The van der Waals surface area contributed by atoms with Gasteiger partial charge >= 0.3 is 0 Å². The van der Waals surface area contributed by atoms with Crippen molar-refractivity contribution in [3.63, 3.8) is 0 Å². The summed E-state index contributed by atoms with van der Waals surface area (Å²) in [5, 5.41) is 7.34. The molecule has 1 saturated heterocycles. The molecule has 0 atom stereocenters. The molecule has 4 nitrogen and oxygen atoms in total. The Morgan fingerprint density at radius 1 is 1.33 bits per heavy atom. The van der Waals surface area contributed by atoms with Crippen LogP contribution in [0.5, 0.6) is 0 Å². The Morgan fingerprint density at radius 2 is 2.14 bits per heavy atom. The molecule has 0 radical (unpaired) electrons. The van der Waals surface area contributed by atoms with Gasteiger partial charge in [0.2, 0.25) is 11.7 Å². The number of rotatable bonds is 4. The van der Waals surface area contributed by atoms with Crippen LogP contribution in [0.25, 0.3) is 11.4 Å². The SMILES string of the molecule is Fc1ccc(-c2noc(CCC3CCNCC3)n2)cc1Br. The van der Waals surface area contributed by atoms with E-state index in [0.717, 1.165) is 37.4 Å². The van der Waals surface area contributed by atoms with E-state index >= 15 is 0 Å². The molecule has 1 aromatic heterocycles. The molecule has 1 aliphatic heterocycles. The molecular weight excluding hydrogens is 337 g/mol. The topological polar surface area (TPSA) is 51.0 Å². The van der Waals surface area contributed by atoms with Crippen molar-refractivity contribution < 1.29 is 8.91 Å². The van der Waals surface area contributed by atoms with E-state index in [4.69, 9.17) is 4.52 Å². The molecule has 1 aromatic carbocycles. The fourth-order valence-corrected chi connectivity index (χ4v) is 2.99. The third-order valence-electron chi connectivity index (χ3n) is 3.87. The zero-order chi connectivity index (χ0) is 14.7. The number of aromatic nitrogens is 2. The van der Waals surface area contributed by atoms with E-state index in [-0.39, 0.29) is 5.82 Å². The number of nitrogens with zero attached hydrogens (tertiary/aromatic N) is 2. The number of benzene rings is 1. The van der Waals surface area contributed by atoms with Gasteiger partial charge in [-0.25, -0.2) is 4.39 Å². The highest BCUT2D eigenvalue weighted by Crippen LogP contribution is 2.24. The Bertz CT molecular complexity index is 611.